The summed E-state index contributed by atoms with van der Waals surface area (Å²) >= 11 is 0. The molecule has 0 N–H and O–H groups in total. The van der Waals surface area contributed by atoms with E-state index >= 15 is 0 Å². The molecule has 0 spiro atoms. The molecular formula is C26H41NO. The van der Waals surface area contributed by atoms with Crippen molar-refractivity contribution < 1.29 is 4.79 Å². The maximum Gasteiger partial charge on any atom is 0.155 e. The van der Waals surface area contributed by atoms with Gasteiger partial charge in [-0.2, -0.15) is 0 Å². The summed E-state index contributed by atoms with van der Waals surface area (Å²) in [6, 6.07) is 0. The zero-order valence-electron chi connectivity index (χ0n) is 19.0. The fraction of sp³-hybridized carbons (Fsp3) is 0.846. The molecule has 156 valence electrons. The van der Waals surface area contributed by atoms with Crippen LogP contribution in [0, 0.1) is 52.3 Å². The SMILES string of the molecule is CC[C@@H]1CC2=CC(=O)CC[C@@H]2C[C@@H]1[C@@H]1[C@@H]2[C@H](C)[C@@H]2[C@](C)(C=NC)C1(CC)CC. The fourth-order valence-corrected chi connectivity index (χ4v) is 8.97. The minimum atomic E-state index is 0.247. The third kappa shape index (κ3) is 2.58. The monoisotopic (exact) mass is 383 g/mol. The number of carbonyl (C=O) groups excluding carboxylic acids is 1. The number of carbonyl (C=O) groups is 1. The summed E-state index contributed by atoms with van der Waals surface area (Å²) in [4.78, 5) is 16.6. The maximum atomic E-state index is 12.0. The molecular weight excluding hydrogens is 342 g/mol. The molecule has 28 heavy (non-hydrogen) atoms. The third-order valence-corrected chi connectivity index (χ3v) is 10.2. The highest BCUT2D eigenvalue weighted by atomic mass is 16.1. The molecule has 0 aliphatic heterocycles. The van der Waals surface area contributed by atoms with E-state index in [0.29, 0.717) is 17.1 Å². The van der Waals surface area contributed by atoms with E-state index in [4.69, 9.17) is 0 Å². The van der Waals surface area contributed by atoms with Crippen LogP contribution in [0.3, 0.4) is 0 Å². The second-order valence-electron chi connectivity index (χ2n) is 10.7. The maximum absolute atomic E-state index is 12.0. The molecule has 0 amide bonds. The van der Waals surface area contributed by atoms with Gasteiger partial charge in [-0.15, -0.1) is 0 Å². The molecule has 0 radical (unpaired) electrons. The number of ketones is 1. The first kappa shape index (κ1) is 20.4. The second-order valence-corrected chi connectivity index (χ2v) is 10.7. The van der Waals surface area contributed by atoms with Crippen molar-refractivity contribution in [1.29, 1.82) is 0 Å². The van der Waals surface area contributed by atoms with Gasteiger partial charge in [-0.1, -0.05) is 46.6 Å². The largest absolute Gasteiger partial charge is 0.300 e. The van der Waals surface area contributed by atoms with E-state index in [1.807, 2.05) is 13.1 Å². The third-order valence-electron chi connectivity index (χ3n) is 10.2. The lowest BCUT2D eigenvalue weighted by molar-refractivity contribution is -0.115. The summed E-state index contributed by atoms with van der Waals surface area (Å²) in [6.07, 6.45) is 12.6. The number of nitrogens with zero attached hydrogens (tertiary/aromatic N) is 1. The van der Waals surface area contributed by atoms with Crippen LogP contribution in [0.25, 0.3) is 0 Å². The Balaban J connectivity index is 1.74. The average Bonchev–Trinajstić information content (AvgIpc) is 3.28. The van der Waals surface area contributed by atoms with E-state index in [9.17, 15) is 4.79 Å². The summed E-state index contributed by atoms with van der Waals surface area (Å²) < 4.78 is 0. The summed E-state index contributed by atoms with van der Waals surface area (Å²) in [5.74, 6) is 6.02. The van der Waals surface area contributed by atoms with Crippen LogP contribution in [0.1, 0.15) is 79.6 Å². The van der Waals surface area contributed by atoms with Gasteiger partial charge in [-0.3, -0.25) is 4.79 Å². The molecule has 0 aromatic rings. The Hall–Kier alpha value is -0.920. The molecule has 0 heterocycles. The standard InChI is InChI=1S/C26H41NO/c1-7-17-12-19-13-20(28)11-10-18(19)14-21(17)24-22-16(4)23(22)25(5,15-27-6)26(24,8-2)9-3/h13,15-18,21-24H,7-12,14H2,1-6H3/t16-,17+,18+,21-,22+,23-,24+,25-/m0/s1. The lowest BCUT2D eigenvalue weighted by Crippen LogP contribution is -2.49. The van der Waals surface area contributed by atoms with E-state index in [-0.39, 0.29) is 5.41 Å². The van der Waals surface area contributed by atoms with Crippen LogP contribution in [0.2, 0.25) is 0 Å². The van der Waals surface area contributed by atoms with Crippen LogP contribution < -0.4 is 0 Å². The van der Waals surface area contributed by atoms with Gasteiger partial charge < -0.3 is 4.99 Å². The van der Waals surface area contributed by atoms with Gasteiger partial charge in [-0.05, 0) is 85.0 Å². The number of hydrogen-bond acceptors (Lipinski definition) is 2. The molecule has 4 rings (SSSR count). The Morgan fingerprint density at radius 3 is 2.54 bits per heavy atom. The van der Waals surface area contributed by atoms with Gasteiger partial charge in [0, 0.05) is 25.1 Å². The lowest BCUT2D eigenvalue weighted by Gasteiger charge is -2.54. The van der Waals surface area contributed by atoms with E-state index in [0.717, 1.165) is 48.3 Å². The molecule has 4 aliphatic rings. The van der Waals surface area contributed by atoms with Crippen LogP contribution in [0.4, 0.5) is 0 Å². The Bertz CT molecular complexity index is 687. The van der Waals surface area contributed by atoms with E-state index in [1.165, 1.54) is 37.7 Å². The van der Waals surface area contributed by atoms with Crippen molar-refractivity contribution in [1.82, 2.24) is 0 Å². The predicted octanol–water partition coefficient (Wildman–Crippen LogP) is 6.35. The van der Waals surface area contributed by atoms with Gasteiger partial charge >= 0.3 is 0 Å². The lowest BCUT2D eigenvalue weighted by atomic mass is 9.50. The summed E-state index contributed by atoms with van der Waals surface area (Å²) in [7, 11) is 1.97. The second kappa shape index (κ2) is 7.10. The van der Waals surface area contributed by atoms with Crippen LogP contribution in [0.5, 0.6) is 0 Å². The average molecular weight is 384 g/mol. The number of hydrogen-bond donors (Lipinski definition) is 0. The Morgan fingerprint density at radius 2 is 1.93 bits per heavy atom. The van der Waals surface area contributed by atoms with Crippen molar-refractivity contribution in [2.75, 3.05) is 7.05 Å². The van der Waals surface area contributed by atoms with Crippen LogP contribution >= 0.6 is 0 Å². The van der Waals surface area contributed by atoms with Crippen molar-refractivity contribution >= 4 is 12.0 Å². The Morgan fingerprint density at radius 1 is 1.21 bits per heavy atom. The molecule has 3 fully saturated rings. The summed E-state index contributed by atoms with van der Waals surface area (Å²) in [5, 5.41) is 0. The van der Waals surface area contributed by atoms with Crippen molar-refractivity contribution in [2.24, 2.45) is 57.2 Å². The minimum absolute atomic E-state index is 0.247. The van der Waals surface area contributed by atoms with Crippen molar-refractivity contribution in [3.8, 4) is 0 Å². The Kier molecular flexibility index (Phi) is 5.16. The van der Waals surface area contributed by atoms with Crippen LogP contribution in [-0.2, 0) is 4.79 Å². The van der Waals surface area contributed by atoms with E-state index < -0.39 is 0 Å². The number of allylic oxidation sites excluding steroid dienone is 2. The van der Waals surface area contributed by atoms with Crippen LogP contribution in [0.15, 0.2) is 16.6 Å². The smallest absolute Gasteiger partial charge is 0.155 e. The molecule has 4 aliphatic carbocycles. The normalized spacial score (nSPS) is 47.0. The van der Waals surface area contributed by atoms with E-state index in [1.54, 1.807) is 0 Å². The molecule has 0 bridgehead atoms. The fourth-order valence-electron chi connectivity index (χ4n) is 8.97. The summed E-state index contributed by atoms with van der Waals surface area (Å²) in [6.45, 7) is 12.3. The number of fused-ring (bicyclic) bond motifs is 2. The van der Waals surface area contributed by atoms with Gasteiger partial charge in [0.15, 0.2) is 5.78 Å². The molecule has 0 aromatic heterocycles. The summed E-state index contributed by atoms with van der Waals surface area (Å²) in [5.41, 5.74) is 2.13. The molecule has 0 unspecified atom stereocenters. The van der Waals surface area contributed by atoms with Gasteiger partial charge in [0.2, 0.25) is 0 Å². The van der Waals surface area contributed by atoms with Gasteiger partial charge in [0.25, 0.3) is 0 Å². The highest BCUT2D eigenvalue weighted by molar-refractivity contribution is 5.91. The molecule has 2 heteroatoms. The molecule has 2 nitrogen and oxygen atoms in total. The molecule has 8 atom stereocenters. The molecule has 0 aromatic carbocycles. The zero-order chi connectivity index (χ0) is 20.3. The first-order chi connectivity index (χ1) is 13.4. The van der Waals surface area contributed by atoms with E-state index in [2.05, 4.69) is 45.8 Å². The van der Waals surface area contributed by atoms with Gasteiger partial charge in [0.1, 0.15) is 0 Å². The zero-order valence-corrected chi connectivity index (χ0v) is 19.0. The van der Waals surface area contributed by atoms with Crippen molar-refractivity contribution in [3.05, 3.63) is 11.6 Å². The number of rotatable bonds is 5. The molecule has 3 saturated carbocycles. The number of aliphatic imine (C=N–C) groups is 1. The quantitative estimate of drug-likeness (QED) is 0.508. The van der Waals surface area contributed by atoms with Crippen LogP contribution in [-0.4, -0.2) is 19.0 Å². The molecule has 0 saturated heterocycles. The minimum Gasteiger partial charge on any atom is -0.300 e. The van der Waals surface area contributed by atoms with Crippen molar-refractivity contribution in [3.63, 3.8) is 0 Å². The highest BCUT2D eigenvalue weighted by Gasteiger charge is 2.75. The first-order valence-corrected chi connectivity index (χ1v) is 12.0. The Labute approximate surface area is 172 Å². The van der Waals surface area contributed by atoms with Gasteiger partial charge in [-0.25, -0.2) is 0 Å². The highest BCUT2D eigenvalue weighted by Crippen LogP contribution is 2.79. The van der Waals surface area contributed by atoms with Gasteiger partial charge in [0.05, 0.1) is 0 Å². The van der Waals surface area contributed by atoms with Crippen molar-refractivity contribution in [2.45, 2.75) is 79.6 Å². The first-order valence-electron chi connectivity index (χ1n) is 12.0. The predicted molar refractivity (Wildman–Crippen MR) is 117 cm³/mol. The topological polar surface area (TPSA) is 29.4 Å².